The molecule has 3 nitrogen and oxygen atoms in total. The topological polar surface area (TPSA) is 46.5 Å². The Balaban J connectivity index is 1.93. The van der Waals surface area contributed by atoms with E-state index in [0.717, 1.165) is 25.7 Å². The van der Waals surface area contributed by atoms with Gasteiger partial charge in [0, 0.05) is 0 Å². The summed E-state index contributed by atoms with van der Waals surface area (Å²) in [5.41, 5.74) is 2.30. The quantitative estimate of drug-likeness (QED) is 0.802. The molecule has 0 amide bonds. The first-order valence-corrected chi connectivity index (χ1v) is 7.87. The molecule has 1 fully saturated rings. The van der Waals surface area contributed by atoms with Gasteiger partial charge >= 0.3 is 5.97 Å². The number of benzene rings is 1. The highest BCUT2D eigenvalue weighted by molar-refractivity contribution is 5.77. The van der Waals surface area contributed by atoms with Gasteiger partial charge < -0.3 is 9.84 Å². The van der Waals surface area contributed by atoms with Crippen molar-refractivity contribution in [1.29, 1.82) is 0 Å². The fraction of sp³-hybridized carbons (Fsp3) is 0.611. The number of rotatable bonds is 1. The summed E-state index contributed by atoms with van der Waals surface area (Å²) >= 11 is 0. The predicted molar refractivity (Wildman–Crippen MR) is 81.2 cm³/mol. The van der Waals surface area contributed by atoms with Gasteiger partial charge in [-0.2, -0.15) is 0 Å². The van der Waals surface area contributed by atoms with Crippen LogP contribution in [0.25, 0.3) is 0 Å². The lowest BCUT2D eigenvalue weighted by Crippen LogP contribution is -2.46. The van der Waals surface area contributed by atoms with Gasteiger partial charge in [-0.1, -0.05) is 13.0 Å². The first kappa shape index (κ1) is 14.4. The maximum Gasteiger partial charge on any atom is 0.311 e. The zero-order chi connectivity index (χ0) is 15.2. The Morgan fingerprint density at radius 2 is 2.14 bits per heavy atom. The van der Waals surface area contributed by atoms with Crippen molar-refractivity contribution in [2.45, 2.75) is 45.4 Å². The highest BCUT2D eigenvalue weighted by atomic mass is 16.5. The van der Waals surface area contributed by atoms with E-state index in [4.69, 9.17) is 4.74 Å². The van der Waals surface area contributed by atoms with Gasteiger partial charge in [0.2, 0.25) is 0 Å². The molecule has 3 rings (SSSR count). The van der Waals surface area contributed by atoms with Gasteiger partial charge in [0.25, 0.3) is 0 Å². The number of phenols is 1. The van der Waals surface area contributed by atoms with E-state index in [2.05, 4.69) is 19.9 Å². The van der Waals surface area contributed by atoms with E-state index in [1.54, 1.807) is 6.07 Å². The third kappa shape index (κ3) is 2.14. The van der Waals surface area contributed by atoms with E-state index < -0.39 is 0 Å². The average Bonchev–Trinajstić information content (AvgIpc) is 2.49. The standard InChI is InChI=1S/C18H24O3/c1-11-14-6-4-12-10-13(19)5-7-15(12)16(14)8-9-18(11,2)17(20)21-3/h5,7,10-11,14,16,19H,4,6,8-9H2,1-3H3. The Bertz CT molecular complexity index is 566. The summed E-state index contributed by atoms with van der Waals surface area (Å²) in [6.45, 7) is 4.27. The molecule has 1 aromatic carbocycles. The summed E-state index contributed by atoms with van der Waals surface area (Å²) < 4.78 is 5.06. The summed E-state index contributed by atoms with van der Waals surface area (Å²) in [5.74, 6) is 1.66. The van der Waals surface area contributed by atoms with E-state index >= 15 is 0 Å². The van der Waals surface area contributed by atoms with Crippen LogP contribution in [0.15, 0.2) is 18.2 Å². The average molecular weight is 288 g/mol. The zero-order valence-electron chi connectivity index (χ0n) is 13.1. The van der Waals surface area contributed by atoms with Gasteiger partial charge in [-0.25, -0.2) is 0 Å². The van der Waals surface area contributed by atoms with Gasteiger partial charge in [-0.05, 0) is 73.6 Å². The summed E-state index contributed by atoms with van der Waals surface area (Å²) in [6, 6.07) is 5.78. The minimum absolute atomic E-state index is 0.0649. The van der Waals surface area contributed by atoms with Crippen molar-refractivity contribution in [2.75, 3.05) is 7.11 Å². The van der Waals surface area contributed by atoms with E-state index in [0.29, 0.717) is 23.5 Å². The number of phenolic OH excluding ortho intramolecular Hbond substituents is 1. The highest BCUT2D eigenvalue weighted by Crippen LogP contribution is 2.55. The summed E-state index contributed by atoms with van der Waals surface area (Å²) in [4.78, 5) is 12.2. The molecular formula is C18H24O3. The lowest BCUT2D eigenvalue weighted by Gasteiger charge is -2.49. The maximum absolute atomic E-state index is 12.2. The fourth-order valence-electron chi connectivity index (χ4n) is 4.57. The number of ether oxygens (including phenoxy) is 1. The number of aromatic hydroxyl groups is 1. The molecule has 1 aromatic rings. The summed E-state index contributed by atoms with van der Waals surface area (Å²) in [6.07, 6.45) is 3.99. The van der Waals surface area contributed by atoms with Crippen LogP contribution >= 0.6 is 0 Å². The first-order chi connectivity index (χ1) is 9.97. The molecule has 2 aliphatic carbocycles. The second-order valence-corrected chi connectivity index (χ2v) is 6.93. The fourth-order valence-corrected chi connectivity index (χ4v) is 4.57. The molecular weight excluding hydrogens is 264 g/mol. The smallest absolute Gasteiger partial charge is 0.311 e. The van der Waals surface area contributed by atoms with Crippen molar-refractivity contribution < 1.29 is 14.6 Å². The molecule has 4 unspecified atom stereocenters. The molecule has 0 aliphatic heterocycles. The van der Waals surface area contributed by atoms with Crippen LogP contribution in [0, 0.1) is 17.3 Å². The lowest BCUT2D eigenvalue weighted by molar-refractivity contribution is -0.159. The van der Waals surface area contributed by atoms with Crippen LogP contribution in [0.2, 0.25) is 0 Å². The molecule has 0 aromatic heterocycles. The molecule has 114 valence electrons. The SMILES string of the molecule is COC(=O)C1(C)CCC2c3ccc(O)cc3CCC2C1C. The van der Waals surface area contributed by atoms with Crippen LogP contribution in [0.4, 0.5) is 0 Å². The van der Waals surface area contributed by atoms with Crippen LogP contribution in [0.1, 0.15) is 50.2 Å². The van der Waals surface area contributed by atoms with Crippen LogP contribution in [-0.4, -0.2) is 18.2 Å². The largest absolute Gasteiger partial charge is 0.508 e. The number of fused-ring (bicyclic) bond motifs is 3. The molecule has 2 aliphatic rings. The third-order valence-corrected chi connectivity index (χ3v) is 6.06. The van der Waals surface area contributed by atoms with Gasteiger partial charge in [0.1, 0.15) is 5.75 Å². The Morgan fingerprint density at radius 1 is 1.38 bits per heavy atom. The Kier molecular flexibility index (Phi) is 3.46. The highest BCUT2D eigenvalue weighted by Gasteiger charge is 2.50. The first-order valence-electron chi connectivity index (χ1n) is 7.87. The molecule has 1 N–H and O–H groups in total. The molecule has 0 bridgehead atoms. The second kappa shape index (κ2) is 5.04. The van der Waals surface area contributed by atoms with Crippen molar-refractivity contribution in [3.8, 4) is 5.75 Å². The van der Waals surface area contributed by atoms with Crippen LogP contribution in [0.5, 0.6) is 5.75 Å². The van der Waals surface area contributed by atoms with Crippen LogP contribution in [0.3, 0.4) is 0 Å². The summed E-state index contributed by atoms with van der Waals surface area (Å²) in [7, 11) is 1.49. The Morgan fingerprint density at radius 3 is 2.86 bits per heavy atom. The van der Waals surface area contributed by atoms with Crippen molar-refractivity contribution in [2.24, 2.45) is 17.3 Å². The number of carbonyl (C=O) groups excluding carboxylic acids is 1. The van der Waals surface area contributed by atoms with Crippen LogP contribution < -0.4 is 0 Å². The number of carbonyl (C=O) groups is 1. The molecule has 21 heavy (non-hydrogen) atoms. The molecule has 0 radical (unpaired) electrons. The Labute approximate surface area is 126 Å². The lowest BCUT2D eigenvalue weighted by atomic mass is 9.55. The van der Waals surface area contributed by atoms with Gasteiger partial charge in [-0.15, -0.1) is 0 Å². The molecule has 1 saturated carbocycles. The van der Waals surface area contributed by atoms with E-state index in [1.807, 2.05) is 6.07 Å². The van der Waals surface area contributed by atoms with Crippen molar-refractivity contribution in [3.05, 3.63) is 29.3 Å². The summed E-state index contributed by atoms with van der Waals surface area (Å²) in [5, 5.41) is 9.66. The molecule has 0 spiro atoms. The van der Waals surface area contributed by atoms with E-state index in [-0.39, 0.29) is 11.4 Å². The molecule has 3 heteroatoms. The van der Waals surface area contributed by atoms with E-state index in [1.165, 1.54) is 18.2 Å². The van der Waals surface area contributed by atoms with E-state index in [9.17, 15) is 9.90 Å². The molecule has 0 heterocycles. The number of hydrogen-bond acceptors (Lipinski definition) is 3. The number of aryl methyl sites for hydroxylation is 1. The minimum Gasteiger partial charge on any atom is -0.508 e. The minimum atomic E-state index is -0.357. The monoisotopic (exact) mass is 288 g/mol. The van der Waals surface area contributed by atoms with Crippen molar-refractivity contribution in [3.63, 3.8) is 0 Å². The molecule has 0 saturated heterocycles. The third-order valence-electron chi connectivity index (χ3n) is 6.06. The maximum atomic E-state index is 12.2. The van der Waals surface area contributed by atoms with Gasteiger partial charge in [0.15, 0.2) is 0 Å². The predicted octanol–water partition coefficient (Wildman–Crippen LogP) is 3.65. The van der Waals surface area contributed by atoms with Crippen molar-refractivity contribution in [1.82, 2.24) is 0 Å². The van der Waals surface area contributed by atoms with Gasteiger partial charge in [-0.3, -0.25) is 4.79 Å². The van der Waals surface area contributed by atoms with Crippen molar-refractivity contribution >= 4 is 5.97 Å². The Hall–Kier alpha value is -1.51. The van der Waals surface area contributed by atoms with Crippen LogP contribution in [-0.2, 0) is 16.0 Å². The molecule has 4 atom stereocenters. The number of methoxy groups -OCH3 is 1. The normalized spacial score (nSPS) is 34.7. The van der Waals surface area contributed by atoms with Gasteiger partial charge in [0.05, 0.1) is 12.5 Å². The zero-order valence-corrected chi connectivity index (χ0v) is 13.1. The number of esters is 1. The second-order valence-electron chi connectivity index (χ2n) is 6.93. The number of hydrogen-bond donors (Lipinski definition) is 1.